The second kappa shape index (κ2) is 11.0. The number of nitrogens with one attached hydrogen (secondary N) is 1. The molecule has 3 aliphatic rings. The third-order valence-electron chi connectivity index (χ3n) is 10.4. The van der Waals surface area contributed by atoms with Gasteiger partial charge in [0.15, 0.2) is 5.82 Å². The molecule has 1 saturated heterocycles. The summed E-state index contributed by atoms with van der Waals surface area (Å²) in [6, 6.07) is 21.2. The average molecular weight is 617 g/mol. The molecule has 0 radical (unpaired) electrons. The summed E-state index contributed by atoms with van der Waals surface area (Å²) in [7, 11) is 3.68. The second-order valence-electron chi connectivity index (χ2n) is 13.4. The number of rotatable bonds is 8. The molecule has 2 unspecified atom stereocenters. The van der Waals surface area contributed by atoms with Gasteiger partial charge in [-0.15, -0.1) is 0 Å². The lowest BCUT2D eigenvalue weighted by molar-refractivity contribution is -0.119. The molecule has 2 saturated carbocycles. The summed E-state index contributed by atoms with van der Waals surface area (Å²) in [4.78, 5) is 32.4. The maximum Gasteiger partial charge on any atom is 0.254 e. The number of methoxy groups -OCH3 is 1. The summed E-state index contributed by atoms with van der Waals surface area (Å²) >= 11 is 0. The SMILES string of the molecule is COc1cc(C(=O)N2CC3CCC2[C@@H]3N)cc2nc(-c3cc4ccc(-c5cccc(CNC(C)=O)c5)cc4n3CC3CC3)n(C)c12. The molecule has 3 atom stereocenters. The van der Waals surface area contributed by atoms with Gasteiger partial charge in [-0.3, -0.25) is 9.59 Å². The van der Waals surface area contributed by atoms with Gasteiger partial charge >= 0.3 is 0 Å². The van der Waals surface area contributed by atoms with Crippen LogP contribution < -0.4 is 15.8 Å². The number of ether oxygens (including phenoxy) is 1. The molecule has 5 aromatic rings. The van der Waals surface area contributed by atoms with Crippen molar-refractivity contribution in [3.8, 4) is 28.4 Å². The van der Waals surface area contributed by atoms with Crippen molar-refractivity contribution in [3.63, 3.8) is 0 Å². The quantitative estimate of drug-likeness (QED) is 0.240. The molecule has 236 valence electrons. The van der Waals surface area contributed by atoms with E-state index in [0.717, 1.165) is 70.6 Å². The van der Waals surface area contributed by atoms with E-state index < -0.39 is 0 Å². The van der Waals surface area contributed by atoms with Gasteiger partial charge in [-0.25, -0.2) is 4.98 Å². The van der Waals surface area contributed by atoms with Crippen LogP contribution in [0.2, 0.25) is 0 Å². The van der Waals surface area contributed by atoms with Crippen molar-refractivity contribution >= 4 is 33.8 Å². The fraction of sp³-hybridized carbons (Fsp3) is 0.378. The number of piperidine rings is 1. The number of aryl methyl sites for hydroxylation is 1. The van der Waals surface area contributed by atoms with Crippen LogP contribution in [0.25, 0.3) is 44.6 Å². The Kier molecular flexibility index (Phi) is 6.90. The van der Waals surface area contributed by atoms with Gasteiger partial charge in [0.1, 0.15) is 11.3 Å². The van der Waals surface area contributed by atoms with Crippen molar-refractivity contribution in [1.29, 1.82) is 0 Å². The van der Waals surface area contributed by atoms with E-state index in [1.54, 1.807) is 7.11 Å². The van der Waals surface area contributed by atoms with Crippen LogP contribution in [0.1, 0.15) is 48.5 Å². The minimum Gasteiger partial charge on any atom is -0.494 e. The number of nitrogens with two attached hydrogens (primary N) is 1. The summed E-state index contributed by atoms with van der Waals surface area (Å²) < 4.78 is 10.4. The molecule has 9 nitrogen and oxygen atoms in total. The van der Waals surface area contributed by atoms with Gasteiger partial charge in [0.25, 0.3) is 5.91 Å². The highest BCUT2D eigenvalue weighted by molar-refractivity contribution is 6.00. The molecule has 3 aromatic carbocycles. The molecular weight excluding hydrogens is 576 g/mol. The molecule has 3 heterocycles. The number of nitrogens with zero attached hydrogens (tertiary/aromatic N) is 4. The first-order chi connectivity index (χ1) is 22.3. The lowest BCUT2D eigenvalue weighted by Gasteiger charge is -2.27. The highest BCUT2D eigenvalue weighted by atomic mass is 16.5. The van der Waals surface area contributed by atoms with Gasteiger partial charge in [-0.2, -0.15) is 0 Å². The molecule has 3 N–H and O–H groups in total. The first-order valence-corrected chi connectivity index (χ1v) is 16.4. The van der Waals surface area contributed by atoms with Gasteiger partial charge in [0.2, 0.25) is 5.91 Å². The highest BCUT2D eigenvalue weighted by Crippen LogP contribution is 2.41. The topological polar surface area (TPSA) is 107 Å². The van der Waals surface area contributed by atoms with Gasteiger partial charge in [0.05, 0.1) is 18.3 Å². The van der Waals surface area contributed by atoms with E-state index in [0.29, 0.717) is 29.7 Å². The monoisotopic (exact) mass is 616 g/mol. The van der Waals surface area contributed by atoms with Crippen molar-refractivity contribution in [1.82, 2.24) is 24.3 Å². The summed E-state index contributed by atoms with van der Waals surface area (Å²) in [5.41, 5.74) is 14.2. The van der Waals surface area contributed by atoms with Gasteiger partial charge < -0.3 is 29.8 Å². The molecule has 46 heavy (non-hydrogen) atoms. The van der Waals surface area contributed by atoms with Crippen molar-refractivity contribution < 1.29 is 14.3 Å². The third-order valence-corrected chi connectivity index (χ3v) is 10.4. The van der Waals surface area contributed by atoms with E-state index in [-0.39, 0.29) is 23.9 Å². The van der Waals surface area contributed by atoms with Gasteiger partial charge in [-0.1, -0.05) is 30.3 Å². The molecule has 1 aliphatic heterocycles. The molecule has 2 bridgehead atoms. The fourth-order valence-corrected chi connectivity index (χ4v) is 7.73. The zero-order valence-electron chi connectivity index (χ0n) is 26.6. The van der Waals surface area contributed by atoms with Gasteiger partial charge in [0, 0.05) is 62.2 Å². The number of amides is 2. The number of likely N-dealkylation sites (tertiary alicyclic amines) is 1. The Morgan fingerprint density at radius 2 is 1.85 bits per heavy atom. The number of aromatic nitrogens is 3. The number of hydrogen-bond donors (Lipinski definition) is 2. The normalized spacial score (nSPS) is 20.6. The predicted molar refractivity (Wildman–Crippen MR) is 179 cm³/mol. The van der Waals surface area contributed by atoms with E-state index in [1.165, 1.54) is 25.3 Å². The summed E-state index contributed by atoms with van der Waals surface area (Å²) in [6.07, 6.45) is 4.53. The van der Waals surface area contributed by atoms with E-state index in [2.05, 4.69) is 50.8 Å². The zero-order valence-corrected chi connectivity index (χ0v) is 26.6. The molecule has 2 aromatic heterocycles. The summed E-state index contributed by atoms with van der Waals surface area (Å²) in [6.45, 7) is 3.69. The molecule has 9 heteroatoms. The maximum atomic E-state index is 13.7. The summed E-state index contributed by atoms with van der Waals surface area (Å²) in [5.74, 6) is 2.49. The molecule has 0 spiro atoms. The smallest absolute Gasteiger partial charge is 0.254 e. The Morgan fingerprint density at radius 3 is 2.57 bits per heavy atom. The standard InChI is InChI=1S/C37H40N6O3/c1-21(44)39-18-23-5-4-6-24(13-23)25-9-10-26-16-32(42(31(26)15-25)19-22-7-8-22)36-40-29-14-28(17-33(46-3)35(29)41(36)2)37(45)43-20-27-11-12-30(43)34(27)38/h4-6,9-10,13-17,22,27,30,34H,7-8,11-12,18-20,38H2,1-3H3,(H,39,44)/t27?,30?,34-/m1/s1. The van der Waals surface area contributed by atoms with Crippen molar-refractivity contribution in [2.45, 2.75) is 57.8 Å². The Bertz CT molecular complexity index is 2020. The Morgan fingerprint density at radius 1 is 1.02 bits per heavy atom. The van der Waals surface area contributed by atoms with Crippen LogP contribution in [0.15, 0.2) is 60.7 Å². The third kappa shape index (κ3) is 4.85. The van der Waals surface area contributed by atoms with Crippen LogP contribution in [0.4, 0.5) is 0 Å². The van der Waals surface area contributed by atoms with Crippen LogP contribution in [0, 0.1) is 11.8 Å². The van der Waals surface area contributed by atoms with E-state index in [4.69, 9.17) is 15.5 Å². The number of carbonyl (C=O) groups is 2. The number of fused-ring (bicyclic) bond motifs is 4. The van der Waals surface area contributed by atoms with E-state index in [1.807, 2.05) is 36.2 Å². The van der Waals surface area contributed by atoms with E-state index in [9.17, 15) is 9.59 Å². The van der Waals surface area contributed by atoms with Crippen LogP contribution in [-0.2, 0) is 24.9 Å². The van der Waals surface area contributed by atoms with Crippen LogP contribution >= 0.6 is 0 Å². The van der Waals surface area contributed by atoms with Crippen molar-refractivity contribution in [3.05, 3.63) is 71.8 Å². The molecular formula is C37H40N6O3. The van der Waals surface area contributed by atoms with Crippen molar-refractivity contribution in [2.75, 3.05) is 13.7 Å². The highest BCUT2D eigenvalue weighted by Gasteiger charge is 2.47. The van der Waals surface area contributed by atoms with Crippen LogP contribution in [0.5, 0.6) is 5.75 Å². The Labute approximate surface area is 268 Å². The number of imidazole rings is 1. The van der Waals surface area contributed by atoms with Gasteiger partial charge in [-0.05, 0) is 84.5 Å². The molecule has 3 fully saturated rings. The first-order valence-electron chi connectivity index (χ1n) is 16.4. The van der Waals surface area contributed by atoms with Crippen molar-refractivity contribution in [2.24, 2.45) is 24.6 Å². The molecule has 2 amide bonds. The Balaban J connectivity index is 1.20. The Hall–Kier alpha value is -4.63. The maximum absolute atomic E-state index is 13.7. The lowest BCUT2D eigenvalue weighted by Crippen LogP contribution is -2.41. The molecule has 8 rings (SSSR count). The van der Waals surface area contributed by atoms with Crippen LogP contribution in [0.3, 0.4) is 0 Å². The minimum absolute atomic E-state index is 0.00609. The molecule has 2 aliphatic carbocycles. The fourth-order valence-electron chi connectivity index (χ4n) is 7.73. The second-order valence-corrected chi connectivity index (χ2v) is 13.4. The average Bonchev–Trinajstić information content (AvgIpc) is 3.47. The zero-order chi connectivity index (χ0) is 31.7. The summed E-state index contributed by atoms with van der Waals surface area (Å²) in [5, 5.41) is 4.05. The first kappa shape index (κ1) is 28.8. The predicted octanol–water partition coefficient (Wildman–Crippen LogP) is 5.48. The minimum atomic E-state index is -0.0391. The van der Waals surface area contributed by atoms with Crippen LogP contribution in [-0.4, -0.2) is 56.6 Å². The number of hydrogen-bond acceptors (Lipinski definition) is 5. The number of carbonyl (C=O) groups excluding carboxylic acids is 2. The number of benzene rings is 3. The lowest BCUT2D eigenvalue weighted by atomic mass is 10.0. The van der Waals surface area contributed by atoms with E-state index >= 15 is 0 Å². The largest absolute Gasteiger partial charge is 0.494 e.